The van der Waals surface area contributed by atoms with Gasteiger partial charge in [-0.25, -0.2) is 0 Å². The molecule has 6 nitrogen and oxygen atoms in total. The van der Waals surface area contributed by atoms with E-state index in [1.165, 1.54) is 40.3 Å². The third-order valence-corrected chi connectivity index (χ3v) is 7.43. The van der Waals surface area contributed by atoms with Crippen molar-refractivity contribution in [2.45, 2.75) is 39.7 Å². The molecule has 40 heavy (non-hydrogen) atoms. The number of H-pyrrole nitrogens is 1. The number of fused-ring (bicyclic) bond motifs is 1. The molecule has 3 N–H and O–H groups in total. The van der Waals surface area contributed by atoms with Crippen LogP contribution in [0.4, 0.5) is 0 Å². The van der Waals surface area contributed by atoms with E-state index in [2.05, 4.69) is 87.8 Å². The number of benzene rings is 3. The first-order chi connectivity index (χ1) is 19.6. The summed E-state index contributed by atoms with van der Waals surface area (Å²) in [7, 11) is 1.50. The number of aryl methyl sites for hydroxylation is 3. The second kappa shape index (κ2) is 14.3. The molecule has 0 bridgehead atoms. The molecule has 1 amide bonds. The summed E-state index contributed by atoms with van der Waals surface area (Å²) in [5, 5.41) is 8.20. The molecule has 3 heterocycles. The highest BCUT2D eigenvalue weighted by Gasteiger charge is 2.26. The molecule has 2 aromatic heterocycles. The predicted molar refractivity (Wildman–Crippen MR) is 165 cm³/mol. The molecule has 0 aliphatic carbocycles. The van der Waals surface area contributed by atoms with E-state index in [1.807, 2.05) is 48.8 Å². The Labute approximate surface area is 237 Å². The highest BCUT2D eigenvalue weighted by molar-refractivity contribution is 5.86. The van der Waals surface area contributed by atoms with Gasteiger partial charge in [0.05, 0.1) is 6.20 Å². The lowest BCUT2D eigenvalue weighted by Gasteiger charge is -2.18. The van der Waals surface area contributed by atoms with Crippen LogP contribution < -0.4 is 5.73 Å². The molecule has 0 saturated carbocycles. The Bertz CT molecular complexity index is 1460. The topological polar surface area (TPSA) is 79.9 Å². The summed E-state index contributed by atoms with van der Waals surface area (Å²) >= 11 is 0. The monoisotopic (exact) mass is 535 g/mol. The highest BCUT2D eigenvalue weighted by atomic mass is 16.2. The fraction of sp³-hybridized carbons (Fsp3) is 0.294. The number of nitrogens with zero attached hydrogens (tertiary/aromatic N) is 3. The SMILES string of the molecule is CN.Cc1cc2cc(-c3cn[nH]c3)ccc2n1CC1CCN(C(=O)CCc2ccccc2)C1.Cc1ccccc1. The van der Waals surface area contributed by atoms with Gasteiger partial charge in [0, 0.05) is 54.4 Å². The summed E-state index contributed by atoms with van der Waals surface area (Å²) in [6.45, 7) is 6.96. The second-order valence-corrected chi connectivity index (χ2v) is 10.3. The average Bonchev–Trinajstić information content (AvgIpc) is 3.76. The summed E-state index contributed by atoms with van der Waals surface area (Å²) in [6.07, 6.45) is 6.27. The van der Waals surface area contributed by atoms with Crippen LogP contribution in [0.15, 0.2) is 97.3 Å². The van der Waals surface area contributed by atoms with Gasteiger partial charge < -0.3 is 15.2 Å². The minimum absolute atomic E-state index is 0.283. The number of nitrogens with one attached hydrogen (secondary N) is 1. The molecule has 6 heteroatoms. The normalized spacial score (nSPS) is 14.3. The molecule has 1 aliphatic rings. The fourth-order valence-electron chi connectivity index (χ4n) is 5.29. The van der Waals surface area contributed by atoms with E-state index in [4.69, 9.17) is 0 Å². The maximum atomic E-state index is 12.7. The Balaban J connectivity index is 0.000000355. The molecule has 1 unspecified atom stereocenters. The molecule has 6 rings (SSSR count). The van der Waals surface area contributed by atoms with Crippen LogP contribution in [-0.2, 0) is 17.8 Å². The number of amides is 1. The Morgan fingerprint density at radius 2 is 1.68 bits per heavy atom. The Morgan fingerprint density at radius 1 is 0.950 bits per heavy atom. The summed E-state index contributed by atoms with van der Waals surface area (Å²) in [6, 6.07) is 29.4. The quantitative estimate of drug-likeness (QED) is 0.264. The summed E-state index contributed by atoms with van der Waals surface area (Å²) in [5.41, 5.74) is 11.9. The zero-order valence-corrected chi connectivity index (χ0v) is 23.9. The fourth-order valence-corrected chi connectivity index (χ4v) is 5.29. The summed E-state index contributed by atoms with van der Waals surface area (Å²) in [4.78, 5) is 14.8. The Hall–Kier alpha value is -4.16. The van der Waals surface area contributed by atoms with Crippen LogP contribution in [0, 0.1) is 19.8 Å². The molecular weight excluding hydrogens is 494 g/mol. The maximum Gasteiger partial charge on any atom is 0.222 e. The van der Waals surface area contributed by atoms with Crippen molar-refractivity contribution in [1.82, 2.24) is 19.7 Å². The number of rotatable bonds is 6. The number of nitrogens with two attached hydrogens (primary N) is 1. The molecule has 1 aliphatic heterocycles. The molecule has 3 aromatic carbocycles. The van der Waals surface area contributed by atoms with Crippen LogP contribution >= 0.6 is 0 Å². The largest absolute Gasteiger partial charge is 0.345 e. The number of likely N-dealkylation sites (tertiary alicyclic amines) is 1. The van der Waals surface area contributed by atoms with Gasteiger partial charge in [0.2, 0.25) is 5.91 Å². The first-order valence-corrected chi connectivity index (χ1v) is 14.1. The van der Waals surface area contributed by atoms with E-state index in [-0.39, 0.29) is 5.91 Å². The van der Waals surface area contributed by atoms with E-state index in [9.17, 15) is 4.79 Å². The van der Waals surface area contributed by atoms with Crippen molar-refractivity contribution in [3.8, 4) is 11.1 Å². The number of hydrogen-bond donors (Lipinski definition) is 2. The van der Waals surface area contributed by atoms with E-state index < -0.39 is 0 Å². The van der Waals surface area contributed by atoms with Crippen molar-refractivity contribution >= 4 is 16.8 Å². The van der Waals surface area contributed by atoms with Gasteiger partial charge in [-0.15, -0.1) is 0 Å². The third kappa shape index (κ3) is 7.48. The van der Waals surface area contributed by atoms with Gasteiger partial charge in [0.25, 0.3) is 0 Å². The van der Waals surface area contributed by atoms with Crippen molar-refractivity contribution in [1.29, 1.82) is 0 Å². The first-order valence-electron chi connectivity index (χ1n) is 14.1. The molecule has 1 atom stereocenters. The number of carbonyl (C=O) groups is 1. The second-order valence-electron chi connectivity index (χ2n) is 10.3. The van der Waals surface area contributed by atoms with E-state index in [0.29, 0.717) is 12.3 Å². The number of aromatic nitrogens is 3. The van der Waals surface area contributed by atoms with E-state index in [0.717, 1.165) is 38.0 Å². The highest BCUT2D eigenvalue weighted by Crippen LogP contribution is 2.28. The van der Waals surface area contributed by atoms with Gasteiger partial charge in [-0.1, -0.05) is 72.3 Å². The van der Waals surface area contributed by atoms with Crippen molar-refractivity contribution in [3.05, 3.63) is 114 Å². The molecule has 0 radical (unpaired) electrons. The number of carbonyl (C=O) groups excluding carboxylic acids is 1. The van der Waals surface area contributed by atoms with Crippen LogP contribution in [0.25, 0.3) is 22.0 Å². The zero-order chi connectivity index (χ0) is 28.3. The van der Waals surface area contributed by atoms with Crippen LogP contribution in [0.5, 0.6) is 0 Å². The van der Waals surface area contributed by atoms with Gasteiger partial charge in [-0.3, -0.25) is 9.89 Å². The Morgan fingerprint density at radius 3 is 2.33 bits per heavy atom. The van der Waals surface area contributed by atoms with Crippen LogP contribution in [0.2, 0.25) is 0 Å². The van der Waals surface area contributed by atoms with Gasteiger partial charge in [0.15, 0.2) is 0 Å². The van der Waals surface area contributed by atoms with E-state index in [1.54, 1.807) is 0 Å². The van der Waals surface area contributed by atoms with Crippen molar-refractivity contribution in [2.24, 2.45) is 11.7 Å². The molecular formula is C34H41N5O. The lowest BCUT2D eigenvalue weighted by Crippen LogP contribution is -2.29. The smallest absolute Gasteiger partial charge is 0.222 e. The zero-order valence-electron chi connectivity index (χ0n) is 23.9. The van der Waals surface area contributed by atoms with Gasteiger partial charge in [-0.05, 0) is 69.0 Å². The Kier molecular flexibility index (Phi) is 10.3. The number of aromatic amines is 1. The van der Waals surface area contributed by atoms with Crippen molar-refractivity contribution in [3.63, 3.8) is 0 Å². The van der Waals surface area contributed by atoms with Crippen LogP contribution in [-0.4, -0.2) is 45.7 Å². The lowest BCUT2D eigenvalue weighted by molar-refractivity contribution is -0.130. The molecule has 1 fully saturated rings. The van der Waals surface area contributed by atoms with Gasteiger partial charge in [0.1, 0.15) is 0 Å². The maximum absolute atomic E-state index is 12.7. The van der Waals surface area contributed by atoms with Crippen molar-refractivity contribution < 1.29 is 4.79 Å². The van der Waals surface area contributed by atoms with Gasteiger partial charge >= 0.3 is 0 Å². The number of hydrogen-bond acceptors (Lipinski definition) is 3. The minimum atomic E-state index is 0.283. The first kappa shape index (κ1) is 28.8. The molecule has 1 saturated heterocycles. The van der Waals surface area contributed by atoms with Crippen LogP contribution in [0.1, 0.15) is 29.7 Å². The lowest BCUT2D eigenvalue weighted by atomic mass is 10.1. The summed E-state index contributed by atoms with van der Waals surface area (Å²) in [5.74, 6) is 0.786. The molecule has 5 aromatic rings. The average molecular weight is 536 g/mol. The summed E-state index contributed by atoms with van der Waals surface area (Å²) < 4.78 is 2.41. The predicted octanol–water partition coefficient (Wildman–Crippen LogP) is 6.39. The van der Waals surface area contributed by atoms with E-state index >= 15 is 0 Å². The van der Waals surface area contributed by atoms with Crippen molar-refractivity contribution in [2.75, 3.05) is 20.1 Å². The molecule has 0 spiro atoms. The standard InChI is InChI=1S/C26H28N4O.C7H8.CH5N/c1-19-13-23-14-22(24-15-27-28-16-24)8-9-25(23)30(19)18-21-11-12-29(17-21)26(31)10-7-20-5-3-2-4-6-20;1-7-5-3-2-4-6-7;1-2/h2-6,8-9,13-16,21H,7,10-12,17-18H2,1H3,(H,27,28);2-6H,1H3;2H2,1H3. The third-order valence-electron chi connectivity index (χ3n) is 7.43. The minimum Gasteiger partial charge on any atom is -0.345 e. The van der Waals surface area contributed by atoms with Gasteiger partial charge in [-0.2, -0.15) is 5.10 Å². The van der Waals surface area contributed by atoms with Crippen LogP contribution in [0.3, 0.4) is 0 Å². The molecule has 208 valence electrons.